The molecule has 0 saturated carbocycles. The van der Waals surface area contributed by atoms with E-state index < -0.39 is 6.17 Å². The quantitative estimate of drug-likeness (QED) is 0.139. The van der Waals surface area contributed by atoms with Crippen molar-refractivity contribution in [1.82, 2.24) is 0 Å². The van der Waals surface area contributed by atoms with Crippen molar-refractivity contribution >= 4 is 0 Å². The van der Waals surface area contributed by atoms with E-state index in [9.17, 15) is 4.39 Å². The molecule has 1 atom stereocenters. The Morgan fingerprint density at radius 2 is 1.20 bits per heavy atom. The third-order valence-corrected chi connectivity index (χ3v) is 6.33. The summed E-state index contributed by atoms with van der Waals surface area (Å²) >= 11 is 0. The van der Waals surface area contributed by atoms with Crippen LogP contribution in [-0.4, -0.2) is 19.4 Å². The van der Waals surface area contributed by atoms with Gasteiger partial charge in [-0.2, -0.15) is 0 Å². The number of hydrogen-bond donors (Lipinski definition) is 0. The topological polar surface area (TPSA) is 18.5 Å². The van der Waals surface area contributed by atoms with E-state index in [0.29, 0.717) is 12.2 Å². The molecular weight excluding hydrogens is 435 g/mol. The minimum Gasteiger partial charge on any atom is -0.494 e. The number of ether oxygens (including phenoxy) is 2. The van der Waals surface area contributed by atoms with Gasteiger partial charge in [0.05, 0.1) is 6.61 Å². The number of unbranched alkanes of at least 4 members (excludes halogenated alkanes) is 11. The van der Waals surface area contributed by atoms with Gasteiger partial charge in [-0.25, -0.2) is 4.39 Å². The fraction of sp³-hybridized carbons (Fsp3) is 0.562. The van der Waals surface area contributed by atoms with Crippen molar-refractivity contribution in [3.63, 3.8) is 0 Å². The minimum atomic E-state index is -0.895. The van der Waals surface area contributed by atoms with Gasteiger partial charge in [0.15, 0.2) is 0 Å². The molecule has 0 aromatic heterocycles. The zero-order chi connectivity index (χ0) is 25.0. The molecule has 0 aliphatic heterocycles. The van der Waals surface area contributed by atoms with E-state index in [1.165, 1.54) is 57.8 Å². The first-order valence-corrected chi connectivity index (χ1v) is 13.8. The molecule has 0 heterocycles. The van der Waals surface area contributed by atoms with Crippen molar-refractivity contribution in [2.45, 2.75) is 103 Å². The van der Waals surface area contributed by atoms with Gasteiger partial charge in [0, 0.05) is 6.42 Å². The van der Waals surface area contributed by atoms with Crippen LogP contribution < -0.4 is 9.47 Å². The third-order valence-electron chi connectivity index (χ3n) is 6.33. The Balaban J connectivity index is 1.59. The number of terminal acetylenes is 1. The smallest absolute Gasteiger partial charge is 0.134 e. The number of alkyl halides is 1. The molecule has 192 valence electrons. The molecule has 2 rings (SSSR count). The maximum absolute atomic E-state index is 14.0. The van der Waals surface area contributed by atoms with Gasteiger partial charge in [0.2, 0.25) is 0 Å². The Bertz CT molecular complexity index is 807. The van der Waals surface area contributed by atoms with Gasteiger partial charge >= 0.3 is 0 Å². The fourth-order valence-corrected chi connectivity index (χ4v) is 4.13. The van der Waals surface area contributed by atoms with E-state index in [1.54, 1.807) is 0 Å². The van der Waals surface area contributed by atoms with Gasteiger partial charge in [-0.3, -0.25) is 0 Å². The first-order chi connectivity index (χ1) is 17.2. The van der Waals surface area contributed by atoms with Crippen LogP contribution in [0.15, 0.2) is 48.5 Å². The van der Waals surface area contributed by atoms with Crippen LogP contribution in [0.3, 0.4) is 0 Å². The summed E-state index contributed by atoms with van der Waals surface area (Å²) in [6.45, 7) is 3.06. The van der Waals surface area contributed by atoms with E-state index in [2.05, 4.69) is 25.0 Å². The average Bonchev–Trinajstić information content (AvgIpc) is 2.89. The van der Waals surface area contributed by atoms with Crippen LogP contribution in [0.5, 0.6) is 11.5 Å². The van der Waals surface area contributed by atoms with Gasteiger partial charge in [-0.15, -0.1) is 12.3 Å². The lowest BCUT2D eigenvalue weighted by Gasteiger charge is -2.11. The third kappa shape index (κ3) is 13.3. The van der Waals surface area contributed by atoms with Crippen LogP contribution in [0.4, 0.5) is 4.39 Å². The molecule has 0 fully saturated rings. The summed E-state index contributed by atoms with van der Waals surface area (Å²) < 4.78 is 25.5. The van der Waals surface area contributed by atoms with Gasteiger partial charge in [-0.1, -0.05) is 95.4 Å². The molecule has 0 aliphatic carbocycles. The Hall–Kier alpha value is -2.47. The fourth-order valence-electron chi connectivity index (χ4n) is 4.13. The number of hydrogen-bond acceptors (Lipinski definition) is 2. The van der Waals surface area contributed by atoms with Gasteiger partial charge in [0.25, 0.3) is 0 Å². The zero-order valence-electron chi connectivity index (χ0n) is 21.8. The molecule has 0 saturated heterocycles. The highest BCUT2D eigenvalue weighted by molar-refractivity contribution is 5.64. The van der Waals surface area contributed by atoms with Gasteiger partial charge < -0.3 is 9.47 Å². The summed E-state index contributed by atoms with van der Waals surface area (Å²) in [5.41, 5.74) is 2.24. The summed E-state index contributed by atoms with van der Waals surface area (Å²) in [7, 11) is 0. The molecule has 2 aromatic carbocycles. The lowest BCUT2D eigenvalue weighted by molar-refractivity contribution is 0.184. The van der Waals surface area contributed by atoms with Crippen LogP contribution >= 0.6 is 0 Å². The number of halogens is 1. The molecular formula is C32H45FO2. The molecule has 2 aromatic rings. The summed E-state index contributed by atoms with van der Waals surface area (Å²) in [5.74, 6) is 4.33. The lowest BCUT2D eigenvalue weighted by atomic mass is 10.1. The summed E-state index contributed by atoms with van der Waals surface area (Å²) in [6, 6.07) is 16.1. The monoisotopic (exact) mass is 480 g/mol. The second kappa shape index (κ2) is 18.8. The second-order valence-corrected chi connectivity index (χ2v) is 9.44. The molecule has 1 unspecified atom stereocenters. The van der Waals surface area contributed by atoms with Crippen molar-refractivity contribution < 1.29 is 13.9 Å². The largest absolute Gasteiger partial charge is 0.494 e. The SMILES string of the molecule is C#CCCCCCCCCCCOc1ccc(-c2ccc(OCC(F)CCCCCC)cc2)cc1. The highest BCUT2D eigenvalue weighted by Gasteiger charge is 2.08. The highest BCUT2D eigenvalue weighted by Crippen LogP contribution is 2.25. The molecule has 0 radical (unpaired) electrons. The molecule has 0 spiro atoms. The molecule has 3 heteroatoms. The first-order valence-electron chi connectivity index (χ1n) is 13.8. The predicted molar refractivity (Wildman–Crippen MR) is 147 cm³/mol. The van der Waals surface area contributed by atoms with Crippen LogP contribution in [0.1, 0.15) is 96.8 Å². The van der Waals surface area contributed by atoms with Crippen molar-refractivity contribution in [1.29, 1.82) is 0 Å². The molecule has 0 amide bonds. The van der Waals surface area contributed by atoms with Crippen LogP contribution in [0, 0.1) is 12.3 Å². The summed E-state index contributed by atoms with van der Waals surface area (Å²) in [5, 5.41) is 0. The van der Waals surface area contributed by atoms with E-state index >= 15 is 0 Å². The maximum atomic E-state index is 14.0. The van der Waals surface area contributed by atoms with Crippen molar-refractivity contribution in [3.05, 3.63) is 48.5 Å². The summed E-state index contributed by atoms with van der Waals surface area (Å²) in [6.07, 6.45) is 20.2. The van der Waals surface area contributed by atoms with Crippen LogP contribution in [0.25, 0.3) is 11.1 Å². The number of benzene rings is 2. The molecule has 0 N–H and O–H groups in total. The van der Waals surface area contributed by atoms with Crippen LogP contribution in [-0.2, 0) is 0 Å². The van der Waals surface area contributed by atoms with E-state index in [-0.39, 0.29) is 6.61 Å². The Kier molecular flexibility index (Phi) is 15.5. The highest BCUT2D eigenvalue weighted by atomic mass is 19.1. The average molecular weight is 481 g/mol. The molecule has 35 heavy (non-hydrogen) atoms. The molecule has 2 nitrogen and oxygen atoms in total. The Labute approximate surface area is 213 Å². The first kappa shape index (κ1) is 28.8. The normalized spacial score (nSPS) is 11.7. The van der Waals surface area contributed by atoms with Gasteiger partial charge in [0.1, 0.15) is 24.3 Å². The van der Waals surface area contributed by atoms with Crippen molar-refractivity contribution in [2.75, 3.05) is 13.2 Å². The summed E-state index contributed by atoms with van der Waals surface area (Å²) in [4.78, 5) is 0. The van der Waals surface area contributed by atoms with Crippen LogP contribution in [0.2, 0.25) is 0 Å². The van der Waals surface area contributed by atoms with Crippen molar-refractivity contribution in [3.8, 4) is 35.0 Å². The van der Waals surface area contributed by atoms with Crippen molar-refractivity contribution in [2.24, 2.45) is 0 Å². The molecule has 0 bridgehead atoms. The molecule has 0 aliphatic rings. The van der Waals surface area contributed by atoms with E-state index in [4.69, 9.17) is 15.9 Å². The van der Waals surface area contributed by atoms with E-state index in [1.807, 2.05) is 36.4 Å². The maximum Gasteiger partial charge on any atom is 0.134 e. The van der Waals surface area contributed by atoms with Gasteiger partial charge in [-0.05, 0) is 54.7 Å². The zero-order valence-corrected chi connectivity index (χ0v) is 21.8. The minimum absolute atomic E-state index is 0.130. The Morgan fingerprint density at radius 1 is 0.686 bits per heavy atom. The predicted octanol–water partition coefficient (Wildman–Crippen LogP) is 9.56. The van der Waals surface area contributed by atoms with E-state index in [0.717, 1.165) is 49.2 Å². The second-order valence-electron chi connectivity index (χ2n) is 9.44. The standard InChI is InChI=1S/C32H45FO2/c1-3-5-7-9-10-11-12-13-14-16-26-34-31-22-18-28(19-23-31)29-20-24-32(25-21-29)35-27-30(33)17-15-8-6-4-2/h1,18-25,30H,4-17,26-27H2,2H3. The lowest BCUT2D eigenvalue weighted by Crippen LogP contribution is -2.12. The number of rotatable bonds is 20. The Morgan fingerprint density at radius 3 is 1.77 bits per heavy atom.